The molecule has 0 saturated carbocycles. The zero-order valence-electron chi connectivity index (χ0n) is 17.6. The van der Waals surface area contributed by atoms with Crippen LogP contribution in [0.15, 0.2) is 45.6 Å². The molecule has 0 spiro atoms. The lowest BCUT2D eigenvalue weighted by Crippen LogP contribution is -2.40. The van der Waals surface area contributed by atoms with Gasteiger partial charge in [-0.2, -0.15) is 0 Å². The van der Waals surface area contributed by atoms with E-state index in [0.29, 0.717) is 17.1 Å². The van der Waals surface area contributed by atoms with Gasteiger partial charge in [-0.3, -0.25) is 14.6 Å². The average molecular weight is 483 g/mol. The smallest absolute Gasteiger partial charge is 0.507 e. The first-order valence-corrected chi connectivity index (χ1v) is 11.5. The first-order chi connectivity index (χ1) is 15.6. The lowest BCUT2D eigenvalue weighted by Gasteiger charge is -2.34. The number of phosphoric ester groups is 1. The molecule has 2 heterocycles. The minimum absolute atomic E-state index is 0.0301. The Balaban J connectivity index is 2.02. The maximum absolute atomic E-state index is 13.0. The van der Waals surface area contributed by atoms with Crippen molar-refractivity contribution in [3.8, 4) is 22.8 Å². The minimum atomic E-state index is -5.06. The van der Waals surface area contributed by atoms with Gasteiger partial charge in [-0.15, -0.1) is 0 Å². The number of fused-ring (bicyclic) bond motifs is 1. The van der Waals surface area contributed by atoms with Gasteiger partial charge in [0.1, 0.15) is 28.2 Å². The van der Waals surface area contributed by atoms with Crippen molar-refractivity contribution >= 4 is 30.4 Å². The second-order valence-corrected chi connectivity index (χ2v) is 9.16. The Labute approximate surface area is 189 Å². The van der Waals surface area contributed by atoms with Crippen molar-refractivity contribution in [2.45, 2.75) is 18.4 Å². The predicted molar refractivity (Wildman–Crippen MR) is 118 cm³/mol. The number of piperidine rings is 1. The molecule has 0 radical (unpaired) electrons. The van der Waals surface area contributed by atoms with Gasteiger partial charge >= 0.3 is 7.82 Å². The fourth-order valence-electron chi connectivity index (χ4n) is 3.99. The van der Waals surface area contributed by atoms with Crippen LogP contribution < -0.4 is 9.95 Å². The summed E-state index contributed by atoms with van der Waals surface area (Å²) in [6.07, 6.45) is -0.762. The fourth-order valence-corrected chi connectivity index (χ4v) is 4.63. The van der Waals surface area contributed by atoms with E-state index in [2.05, 4.69) is 0 Å². The number of likely N-dealkylation sites (tertiary alicyclic amines) is 1. The number of phosphoric acid groups is 1. The number of aromatic hydroxyl groups is 1. The van der Waals surface area contributed by atoms with Crippen LogP contribution in [0.1, 0.15) is 19.3 Å². The average Bonchev–Trinajstić information content (AvgIpc) is 2.73. The van der Waals surface area contributed by atoms with E-state index in [0.717, 1.165) is 12.1 Å². The number of halogens is 1. The molecule has 2 atom stereocenters. The van der Waals surface area contributed by atoms with Crippen LogP contribution in [0, 0.1) is 0 Å². The number of aliphatic hydroxyl groups is 1. The third-order valence-corrected chi connectivity index (χ3v) is 6.14. The van der Waals surface area contributed by atoms with Crippen LogP contribution in [0.2, 0.25) is 5.02 Å². The SMILES string of the molecule is [2H]CN1CC[C@H](c2c(OP(=O)(O)O)cc(O)c3c(=O)cc(-c4ccccc4Cl)oc23)[C@H](O)C1. The number of phenolic OH excluding ortho intramolecular Hbond substituents is 1. The van der Waals surface area contributed by atoms with Crippen LogP contribution in [-0.4, -0.2) is 51.1 Å². The number of nitrogens with zero attached hydrogens (tertiary/aromatic N) is 1. The molecule has 9 nitrogen and oxygen atoms in total. The molecule has 4 N–H and O–H groups in total. The summed E-state index contributed by atoms with van der Waals surface area (Å²) in [4.78, 5) is 33.5. The van der Waals surface area contributed by atoms with Crippen molar-refractivity contribution in [1.29, 1.82) is 0 Å². The number of likely N-dealkylation sites (N-methyl/N-ethyl adjacent to an activating group) is 1. The molecule has 1 aromatic heterocycles. The maximum atomic E-state index is 13.0. The summed E-state index contributed by atoms with van der Waals surface area (Å²) in [5.74, 6) is -1.67. The van der Waals surface area contributed by atoms with E-state index < -0.39 is 36.8 Å². The lowest BCUT2D eigenvalue weighted by molar-refractivity contribution is 0.0632. The fraction of sp³-hybridized carbons (Fsp3) is 0.286. The van der Waals surface area contributed by atoms with Crippen LogP contribution in [0.3, 0.4) is 0 Å². The second-order valence-electron chi connectivity index (χ2n) is 7.59. The first kappa shape index (κ1) is 21.5. The number of rotatable bonds is 4. The van der Waals surface area contributed by atoms with Gasteiger partial charge in [-0.1, -0.05) is 23.7 Å². The van der Waals surface area contributed by atoms with Crippen LogP contribution in [0.5, 0.6) is 11.5 Å². The summed E-state index contributed by atoms with van der Waals surface area (Å²) in [6, 6.07) is 8.72. The zero-order valence-corrected chi connectivity index (χ0v) is 18.3. The van der Waals surface area contributed by atoms with Gasteiger partial charge < -0.3 is 24.1 Å². The molecule has 170 valence electrons. The van der Waals surface area contributed by atoms with Crippen molar-refractivity contribution in [2.75, 3.05) is 20.1 Å². The van der Waals surface area contributed by atoms with Crippen LogP contribution >= 0.6 is 19.4 Å². The topological polar surface area (TPSA) is 141 Å². The van der Waals surface area contributed by atoms with E-state index in [1.807, 2.05) is 0 Å². The Morgan fingerprint density at radius 2 is 2.06 bits per heavy atom. The Bertz CT molecular complexity index is 1310. The van der Waals surface area contributed by atoms with E-state index in [9.17, 15) is 29.4 Å². The highest BCUT2D eigenvalue weighted by Crippen LogP contribution is 2.48. The Morgan fingerprint density at radius 1 is 1.31 bits per heavy atom. The Hall–Kier alpha value is -2.39. The normalized spacial score (nSPS) is 20.3. The summed E-state index contributed by atoms with van der Waals surface area (Å²) in [6.45, 7) is 0.539. The molecule has 1 fully saturated rings. The second kappa shape index (κ2) is 8.51. The summed E-state index contributed by atoms with van der Waals surface area (Å²) in [7, 11) is -5.09. The van der Waals surface area contributed by atoms with E-state index in [1.54, 1.807) is 29.2 Å². The molecule has 0 aliphatic carbocycles. The molecule has 2 aromatic carbocycles. The van der Waals surface area contributed by atoms with Crippen LogP contribution in [0.25, 0.3) is 22.3 Å². The Morgan fingerprint density at radius 3 is 2.72 bits per heavy atom. The third-order valence-electron chi connectivity index (χ3n) is 5.38. The summed E-state index contributed by atoms with van der Waals surface area (Å²) in [5, 5.41) is 21.4. The zero-order chi connectivity index (χ0) is 23.9. The van der Waals surface area contributed by atoms with Gasteiger partial charge in [0.05, 0.1) is 11.1 Å². The van der Waals surface area contributed by atoms with E-state index in [1.165, 1.54) is 0 Å². The number of β-amino-alcohol motifs (C(OH)–C–C–N with tert-alkyl or cyclic N) is 1. The molecule has 4 rings (SSSR count). The molecule has 11 heteroatoms. The lowest BCUT2D eigenvalue weighted by atomic mass is 9.85. The molecular weight excluding hydrogens is 461 g/mol. The highest BCUT2D eigenvalue weighted by atomic mass is 35.5. The number of hydrogen-bond acceptors (Lipinski definition) is 7. The van der Waals surface area contributed by atoms with E-state index >= 15 is 0 Å². The van der Waals surface area contributed by atoms with Crippen LogP contribution in [-0.2, 0) is 4.57 Å². The van der Waals surface area contributed by atoms with Crippen molar-refractivity contribution in [3.05, 3.63) is 57.2 Å². The summed E-state index contributed by atoms with van der Waals surface area (Å²) in [5.41, 5.74) is -0.321. The number of aliphatic hydroxyl groups excluding tert-OH is 1. The van der Waals surface area contributed by atoms with Crippen molar-refractivity contribution in [1.82, 2.24) is 4.90 Å². The number of benzene rings is 2. The molecule has 0 amide bonds. The largest absolute Gasteiger partial charge is 0.524 e. The van der Waals surface area contributed by atoms with Gasteiger partial charge in [-0.05, 0) is 32.1 Å². The van der Waals surface area contributed by atoms with E-state index in [4.69, 9.17) is 21.9 Å². The number of phenols is 1. The summed E-state index contributed by atoms with van der Waals surface area (Å²) >= 11 is 6.25. The van der Waals surface area contributed by atoms with Crippen LogP contribution in [0.4, 0.5) is 0 Å². The highest BCUT2D eigenvalue weighted by molar-refractivity contribution is 7.46. The quantitative estimate of drug-likeness (QED) is 0.413. The monoisotopic (exact) mass is 482 g/mol. The van der Waals surface area contributed by atoms with Crippen molar-refractivity contribution < 1.29 is 34.9 Å². The van der Waals surface area contributed by atoms with Gasteiger partial charge in [0.25, 0.3) is 0 Å². The molecule has 1 aliphatic heterocycles. The Kier molecular flexibility index (Phi) is 5.71. The van der Waals surface area contributed by atoms with E-state index in [-0.39, 0.29) is 42.3 Å². The van der Waals surface area contributed by atoms with Gasteiger partial charge in [-0.25, -0.2) is 4.57 Å². The highest BCUT2D eigenvalue weighted by Gasteiger charge is 2.35. The molecule has 1 saturated heterocycles. The molecule has 32 heavy (non-hydrogen) atoms. The van der Waals surface area contributed by atoms with Crippen molar-refractivity contribution in [3.63, 3.8) is 0 Å². The third kappa shape index (κ3) is 4.41. The molecule has 1 aliphatic rings. The minimum Gasteiger partial charge on any atom is -0.507 e. The molecule has 0 unspecified atom stereocenters. The van der Waals surface area contributed by atoms with Gasteiger partial charge in [0.2, 0.25) is 0 Å². The van der Waals surface area contributed by atoms with Gasteiger partial charge in [0, 0.05) is 37.1 Å². The molecular formula is C21H21ClNO8P. The molecule has 0 bridgehead atoms. The molecule has 3 aromatic rings. The maximum Gasteiger partial charge on any atom is 0.524 e. The first-order valence-electron chi connectivity index (χ1n) is 10.3. The van der Waals surface area contributed by atoms with Gasteiger partial charge in [0.15, 0.2) is 5.43 Å². The number of hydrogen-bond donors (Lipinski definition) is 4. The predicted octanol–water partition coefficient (Wildman–Crippen LogP) is 3.07. The summed E-state index contributed by atoms with van der Waals surface area (Å²) < 4.78 is 30.0. The van der Waals surface area contributed by atoms with Crippen molar-refractivity contribution in [2.24, 2.45) is 0 Å². The standard InChI is InChI=1S/C21H21ClNO8P/c1-23-7-6-12(16(26)10-23)19-18(31-32(27,28)29)9-15(25)20-14(24)8-17(30-21(19)20)11-4-2-3-5-13(11)22/h2-5,8-9,12,16,25-26H,6-7,10H2,1H3,(H2,27,28,29)/t12-,16+/m0/s1/i1D.